The van der Waals surface area contributed by atoms with Crippen molar-refractivity contribution in [2.45, 2.75) is 38.9 Å². The Morgan fingerprint density at radius 2 is 1.95 bits per heavy atom. The Bertz CT molecular complexity index is 450. The zero-order valence-electron chi connectivity index (χ0n) is 12.8. The molecule has 0 spiro atoms. The van der Waals surface area contributed by atoms with Gasteiger partial charge in [0, 0.05) is 19.1 Å². The maximum atomic E-state index is 4.71. The van der Waals surface area contributed by atoms with Crippen LogP contribution in [-0.2, 0) is 13.1 Å². The van der Waals surface area contributed by atoms with Gasteiger partial charge in [-0.1, -0.05) is 24.3 Å². The molecule has 0 saturated heterocycles. The third-order valence-corrected chi connectivity index (χ3v) is 3.27. The van der Waals surface area contributed by atoms with Gasteiger partial charge in [0.15, 0.2) is 5.96 Å². The van der Waals surface area contributed by atoms with Crippen molar-refractivity contribution in [2.75, 3.05) is 20.6 Å². The molecule has 1 fully saturated rings. The number of nitrogens with zero attached hydrogens (tertiary/aromatic N) is 2. The molecule has 4 nitrogen and oxygen atoms in total. The van der Waals surface area contributed by atoms with Crippen molar-refractivity contribution in [1.82, 2.24) is 15.5 Å². The monoisotopic (exact) mass is 274 g/mol. The number of benzene rings is 1. The lowest BCUT2D eigenvalue weighted by molar-refractivity contribution is 0.401. The number of hydrogen-bond donors (Lipinski definition) is 2. The van der Waals surface area contributed by atoms with Crippen LogP contribution in [0, 0.1) is 0 Å². The van der Waals surface area contributed by atoms with E-state index in [4.69, 9.17) is 4.99 Å². The average molecular weight is 274 g/mol. The molecule has 0 aromatic heterocycles. The zero-order chi connectivity index (χ0) is 14.4. The number of aliphatic imine (C=N–C) groups is 1. The van der Waals surface area contributed by atoms with Crippen LogP contribution in [0.15, 0.2) is 29.3 Å². The van der Waals surface area contributed by atoms with E-state index in [2.05, 4.69) is 60.8 Å². The Balaban J connectivity index is 2.02. The molecular weight excluding hydrogens is 248 g/mol. The summed E-state index contributed by atoms with van der Waals surface area (Å²) in [5, 5.41) is 6.76. The fourth-order valence-electron chi connectivity index (χ4n) is 2.11. The average Bonchev–Trinajstić information content (AvgIpc) is 3.21. The Hall–Kier alpha value is -1.55. The number of rotatable bonds is 6. The van der Waals surface area contributed by atoms with Crippen LogP contribution in [0.5, 0.6) is 0 Å². The summed E-state index contributed by atoms with van der Waals surface area (Å²) in [4.78, 5) is 6.90. The van der Waals surface area contributed by atoms with E-state index < -0.39 is 0 Å². The highest BCUT2D eigenvalue weighted by Crippen LogP contribution is 2.18. The summed E-state index contributed by atoms with van der Waals surface area (Å²) >= 11 is 0. The second-order valence-corrected chi connectivity index (χ2v) is 5.62. The molecule has 0 heterocycles. The highest BCUT2D eigenvalue weighted by Gasteiger charge is 2.22. The summed E-state index contributed by atoms with van der Waals surface area (Å²) < 4.78 is 0. The van der Waals surface area contributed by atoms with Crippen LogP contribution in [0.2, 0.25) is 0 Å². The molecule has 4 heteroatoms. The standard InChI is InChI=1S/C16H26N4/c1-4-17-16(19-15-9-10-15)18-11-13-7-5-6-8-14(13)12-20(2)3/h5-8,15H,4,9-12H2,1-3H3,(H2,17,18,19). The Labute approximate surface area is 122 Å². The summed E-state index contributed by atoms with van der Waals surface area (Å²) in [5.74, 6) is 0.939. The first-order valence-electron chi connectivity index (χ1n) is 7.45. The van der Waals surface area contributed by atoms with Crippen molar-refractivity contribution >= 4 is 5.96 Å². The van der Waals surface area contributed by atoms with E-state index in [0.29, 0.717) is 6.04 Å². The largest absolute Gasteiger partial charge is 0.357 e. The van der Waals surface area contributed by atoms with Crippen LogP contribution in [-0.4, -0.2) is 37.5 Å². The first-order chi connectivity index (χ1) is 9.69. The Morgan fingerprint density at radius 3 is 2.55 bits per heavy atom. The van der Waals surface area contributed by atoms with Crippen molar-refractivity contribution in [3.05, 3.63) is 35.4 Å². The fourth-order valence-corrected chi connectivity index (χ4v) is 2.11. The highest BCUT2D eigenvalue weighted by molar-refractivity contribution is 5.80. The summed E-state index contributed by atoms with van der Waals surface area (Å²) in [6.07, 6.45) is 2.53. The molecule has 1 aliphatic rings. The van der Waals surface area contributed by atoms with Crippen molar-refractivity contribution in [2.24, 2.45) is 4.99 Å². The third kappa shape index (κ3) is 4.85. The fraction of sp³-hybridized carbons (Fsp3) is 0.562. The van der Waals surface area contributed by atoms with Gasteiger partial charge >= 0.3 is 0 Å². The Kier molecular flexibility index (Phi) is 5.41. The molecule has 0 unspecified atom stereocenters. The zero-order valence-corrected chi connectivity index (χ0v) is 12.8. The third-order valence-electron chi connectivity index (χ3n) is 3.27. The number of nitrogens with one attached hydrogen (secondary N) is 2. The predicted molar refractivity (Wildman–Crippen MR) is 84.8 cm³/mol. The summed E-state index contributed by atoms with van der Waals surface area (Å²) in [6.45, 7) is 4.69. The Morgan fingerprint density at radius 1 is 1.25 bits per heavy atom. The van der Waals surface area contributed by atoms with Crippen molar-refractivity contribution in [1.29, 1.82) is 0 Å². The van der Waals surface area contributed by atoms with Gasteiger partial charge in [0.05, 0.1) is 6.54 Å². The molecule has 1 aliphatic carbocycles. The maximum Gasteiger partial charge on any atom is 0.191 e. The lowest BCUT2D eigenvalue weighted by atomic mass is 10.1. The molecule has 0 atom stereocenters. The van der Waals surface area contributed by atoms with Crippen LogP contribution >= 0.6 is 0 Å². The maximum absolute atomic E-state index is 4.71. The predicted octanol–water partition coefficient (Wildman–Crippen LogP) is 1.97. The van der Waals surface area contributed by atoms with Gasteiger partial charge in [-0.3, -0.25) is 0 Å². The second kappa shape index (κ2) is 7.29. The topological polar surface area (TPSA) is 39.7 Å². The summed E-state index contributed by atoms with van der Waals surface area (Å²) in [7, 11) is 4.19. The van der Waals surface area contributed by atoms with Crippen LogP contribution in [0.4, 0.5) is 0 Å². The minimum absolute atomic E-state index is 0.629. The smallest absolute Gasteiger partial charge is 0.191 e. The van der Waals surface area contributed by atoms with E-state index in [1.807, 2.05) is 0 Å². The van der Waals surface area contributed by atoms with Crippen molar-refractivity contribution in [3.8, 4) is 0 Å². The van der Waals surface area contributed by atoms with Crippen LogP contribution in [0.25, 0.3) is 0 Å². The quantitative estimate of drug-likeness (QED) is 0.615. The van der Waals surface area contributed by atoms with E-state index >= 15 is 0 Å². The molecular formula is C16H26N4. The minimum atomic E-state index is 0.629. The molecule has 1 aromatic rings. The van der Waals surface area contributed by atoms with Gasteiger partial charge in [0.25, 0.3) is 0 Å². The number of hydrogen-bond acceptors (Lipinski definition) is 2. The lowest BCUT2D eigenvalue weighted by Crippen LogP contribution is -2.38. The molecule has 1 saturated carbocycles. The lowest BCUT2D eigenvalue weighted by Gasteiger charge is -2.14. The molecule has 2 N–H and O–H groups in total. The molecule has 2 rings (SSSR count). The van der Waals surface area contributed by atoms with Gasteiger partial charge in [-0.25, -0.2) is 4.99 Å². The molecule has 0 aliphatic heterocycles. The van der Waals surface area contributed by atoms with Gasteiger partial charge in [-0.2, -0.15) is 0 Å². The summed E-state index contributed by atoms with van der Waals surface area (Å²) in [5.41, 5.74) is 2.65. The molecule has 110 valence electrons. The van der Waals surface area contributed by atoms with Crippen LogP contribution in [0.3, 0.4) is 0 Å². The van der Waals surface area contributed by atoms with E-state index in [-0.39, 0.29) is 0 Å². The van der Waals surface area contributed by atoms with Gasteiger partial charge in [0.2, 0.25) is 0 Å². The first-order valence-corrected chi connectivity index (χ1v) is 7.45. The van der Waals surface area contributed by atoms with E-state index in [1.165, 1.54) is 24.0 Å². The molecule has 1 aromatic carbocycles. The van der Waals surface area contributed by atoms with Gasteiger partial charge in [-0.15, -0.1) is 0 Å². The van der Waals surface area contributed by atoms with Gasteiger partial charge < -0.3 is 15.5 Å². The number of guanidine groups is 1. The highest BCUT2D eigenvalue weighted by atomic mass is 15.2. The minimum Gasteiger partial charge on any atom is -0.357 e. The normalized spacial score (nSPS) is 15.5. The van der Waals surface area contributed by atoms with Crippen LogP contribution in [0.1, 0.15) is 30.9 Å². The molecule has 0 radical (unpaired) electrons. The van der Waals surface area contributed by atoms with E-state index in [9.17, 15) is 0 Å². The van der Waals surface area contributed by atoms with E-state index in [1.54, 1.807) is 0 Å². The first kappa shape index (κ1) is 14.9. The molecule has 0 bridgehead atoms. The van der Waals surface area contributed by atoms with Gasteiger partial charge in [-0.05, 0) is 45.0 Å². The van der Waals surface area contributed by atoms with Crippen molar-refractivity contribution < 1.29 is 0 Å². The van der Waals surface area contributed by atoms with Crippen LogP contribution < -0.4 is 10.6 Å². The van der Waals surface area contributed by atoms with E-state index in [0.717, 1.165) is 25.6 Å². The SMILES string of the molecule is CCNC(=NCc1ccccc1CN(C)C)NC1CC1. The van der Waals surface area contributed by atoms with Gasteiger partial charge in [0.1, 0.15) is 0 Å². The van der Waals surface area contributed by atoms with Crippen molar-refractivity contribution in [3.63, 3.8) is 0 Å². The molecule has 0 amide bonds. The summed E-state index contributed by atoms with van der Waals surface area (Å²) in [6, 6.07) is 9.17. The molecule has 20 heavy (non-hydrogen) atoms. The second-order valence-electron chi connectivity index (χ2n) is 5.62.